The van der Waals surface area contributed by atoms with Crippen molar-refractivity contribution in [3.63, 3.8) is 0 Å². The van der Waals surface area contributed by atoms with Gasteiger partial charge < -0.3 is 0 Å². The molecule has 9 heavy (non-hydrogen) atoms. The van der Waals surface area contributed by atoms with Crippen LogP contribution < -0.4 is 0 Å². The molecule has 1 nitrogen and oxygen atoms in total. The summed E-state index contributed by atoms with van der Waals surface area (Å²) in [5.41, 5.74) is 0. The van der Waals surface area contributed by atoms with Crippen LogP contribution in [0.4, 0.5) is 13.2 Å². The Morgan fingerprint density at radius 1 is 1.00 bits per heavy atom. The lowest BCUT2D eigenvalue weighted by Gasteiger charge is -2.17. The molecule has 0 bridgehead atoms. The van der Waals surface area contributed by atoms with Crippen LogP contribution in [0.5, 0.6) is 0 Å². The molecule has 0 unspecified atom stereocenters. The first kappa shape index (κ1) is 6.86. The van der Waals surface area contributed by atoms with Gasteiger partial charge in [0.25, 0.3) is 0 Å². The number of hydrogen-bond donors (Lipinski definition) is 0. The van der Waals surface area contributed by atoms with Gasteiger partial charge in [0.15, 0.2) is 0 Å². The molecule has 1 heterocycles. The van der Waals surface area contributed by atoms with Crippen LogP contribution in [0, 0.1) is 0 Å². The lowest BCUT2D eigenvalue weighted by molar-refractivity contribution is -0.238. The number of nitrogens with zero attached hydrogens (tertiary/aromatic N) is 1. The van der Waals surface area contributed by atoms with E-state index in [2.05, 4.69) is 0 Å². The average molecular weight is 139 g/mol. The van der Waals surface area contributed by atoms with Gasteiger partial charge in [0.2, 0.25) is 0 Å². The minimum atomic E-state index is -4.09. The second kappa shape index (κ2) is 2.17. The highest BCUT2D eigenvalue weighted by atomic mass is 19.4. The topological polar surface area (TPSA) is 3.24 Å². The third-order valence-corrected chi connectivity index (χ3v) is 1.46. The number of likely N-dealkylation sites (tertiary alicyclic amines) is 1. The highest BCUT2D eigenvalue weighted by Crippen LogP contribution is 2.25. The molecule has 0 atom stereocenters. The first-order valence-corrected chi connectivity index (χ1v) is 2.92. The van der Waals surface area contributed by atoms with E-state index in [1.807, 2.05) is 0 Å². The van der Waals surface area contributed by atoms with Gasteiger partial charge in [0.05, 0.1) is 0 Å². The third-order valence-electron chi connectivity index (χ3n) is 1.46. The van der Waals surface area contributed by atoms with Crippen molar-refractivity contribution in [2.24, 2.45) is 0 Å². The van der Waals surface area contributed by atoms with Gasteiger partial charge in [0.1, 0.15) is 0 Å². The maximum Gasteiger partial charge on any atom is 0.459 e. The molecule has 1 aliphatic rings. The van der Waals surface area contributed by atoms with E-state index in [4.69, 9.17) is 0 Å². The summed E-state index contributed by atoms with van der Waals surface area (Å²) in [5, 5.41) is 0. The molecule has 1 rings (SSSR count). The fourth-order valence-corrected chi connectivity index (χ4v) is 0.971. The van der Waals surface area contributed by atoms with Crippen LogP contribution in [0.1, 0.15) is 12.8 Å². The Morgan fingerprint density at radius 3 is 1.67 bits per heavy atom. The Morgan fingerprint density at radius 2 is 1.44 bits per heavy atom. The van der Waals surface area contributed by atoms with Gasteiger partial charge in [-0.15, -0.1) is 0 Å². The Kier molecular flexibility index (Phi) is 1.66. The summed E-state index contributed by atoms with van der Waals surface area (Å²) >= 11 is 0. The molecule has 0 aromatic carbocycles. The van der Waals surface area contributed by atoms with E-state index in [0.717, 1.165) is 0 Å². The fraction of sp³-hybridized carbons (Fsp3) is 1.00. The van der Waals surface area contributed by atoms with Crippen LogP contribution in [-0.2, 0) is 0 Å². The van der Waals surface area contributed by atoms with Crippen molar-refractivity contribution >= 4 is 0 Å². The molecule has 4 heteroatoms. The van der Waals surface area contributed by atoms with Crippen molar-refractivity contribution in [1.82, 2.24) is 4.90 Å². The Bertz CT molecular complexity index is 92.9. The third kappa shape index (κ3) is 1.58. The monoisotopic (exact) mass is 139 g/mol. The number of halogens is 3. The SMILES string of the molecule is FC(F)(F)N1CCCC1. The first-order valence-electron chi connectivity index (χ1n) is 2.92. The van der Waals surface area contributed by atoms with Gasteiger partial charge in [-0.2, -0.15) is 13.2 Å². The van der Waals surface area contributed by atoms with E-state index in [1.165, 1.54) is 0 Å². The average Bonchev–Trinajstić information content (AvgIpc) is 2.08. The Balaban J connectivity index is 2.42. The van der Waals surface area contributed by atoms with Crippen LogP contribution in [0.15, 0.2) is 0 Å². The molecule has 1 fully saturated rings. The molecule has 0 radical (unpaired) electrons. The first-order chi connectivity index (χ1) is 4.11. The summed E-state index contributed by atoms with van der Waals surface area (Å²) in [6.07, 6.45) is -2.73. The molecule has 0 aromatic heterocycles. The zero-order valence-electron chi connectivity index (χ0n) is 4.91. The van der Waals surface area contributed by atoms with Crippen molar-refractivity contribution in [2.45, 2.75) is 19.1 Å². The summed E-state index contributed by atoms with van der Waals surface area (Å²) in [6, 6.07) is 0. The van der Waals surface area contributed by atoms with E-state index in [-0.39, 0.29) is 13.1 Å². The van der Waals surface area contributed by atoms with Crippen molar-refractivity contribution in [3.8, 4) is 0 Å². The second-order valence-corrected chi connectivity index (χ2v) is 2.16. The fourth-order valence-electron chi connectivity index (χ4n) is 0.971. The maximum absolute atomic E-state index is 11.7. The molecule has 0 saturated carbocycles. The van der Waals surface area contributed by atoms with Gasteiger partial charge in [-0.25, -0.2) is 4.90 Å². The summed E-state index contributed by atoms with van der Waals surface area (Å²) in [4.78, 5) is 0.549. The molecule has 54 valence electrons. The zero-order chi connectivity index (χ0) is 6.91. The lowest BCUT2D eigenvalue weighted by Crippen LogP contribution is -2.34. The Hall–Kier alpha value is -0.250. The lowest BCUT2D eigenvalue weighted by atomic mass is 10.4. The van der Waals surface area contributed by atoms with E-state index in [9.17, 15) is 13.2 Å². The van der Waals surface area contributed by atoms with E-state index < -0.39 is 6.30 Å². The second-order valence-electron chi connectivity index (χ2n) is 2.16. The quantitative estimate of drug-likeness (QED) is 0.461. The predicted molar refractivity (Wildman–Crippen MR) is 26.9 cm³/mol. The normalized spacial score (nSPS) is 23.0. The van der Waals surface area contributed by atoms with Crippen LogP contribution in [0.3, 0.4) is 0 Å². The van der Waals surface area contributed by atoms with Crippen LogP contribution >= 0.6 is 0 Å². The number of rotatable bonds is 0. The summed E-state index contributed by atoms with van der Waals surface area (Å²) in [6.45, 7) is 0.368. The van der Waals surface area contributed by atoms with E-state index in [1.54, 1.807) is 0 Å². The smallest absolute Gasteiger partial charge is 0.214 e. The largest absolute Gasteiger partial charge is 0.459 e. The molecule has 0 amide bonds. The standard InChI is InChI=1S/C5H8F3N/c6-5(7,8)9-3-1-2-4-9/h1-4H2. The van der Waals surface area contributed by atoms with Gasteiger partial charge in [0, 0.05) is 13.1 Å². The van der Waals surface area contributed by atoms with Crippen molar-refractivity contribution < 1.29 is 13.2 Å². The Labute approximate surface area is 51.4 Å². The molecule has 0 spiro atoms. The molecule has 1 aliphatic heterocycles. The number of hydrogen-bond acceptors (Lipinski definition) is 1. The number of alkyl halides is 3. The van der Waals surface area contributed by atoms with Crippen LogP contribution in [-0.4, -0.2) is 24.3 Å². The van der Waals surface area contributed by atoms with E-state index >= 15 is 0 Å². The highest BCUT2D eigenvalue weighted by molar-refractivity contribution is 4.67. The van der Waals surface area contributed by atoms with Gasteiger partial charge in [-0.3, -0.25) is 0 Å². The van der Waals surface area contributed by atoms with Crippen molar-refractivity contribution in [1.29, 1.82) is 0 Å². The predicted octanol–water partition coefficient (Wildman–Crippen LogP) is 1.60. The molecule has 0 N–H and O–H groups in total. The minimum Gasteiger partial charge on any atom is -0.214 e. The summed E-state index contributed by atoms with van der Waals surface area (Å²) in [7, 11) is 0. The summed E-state index contributed by atoms with van der Waals surface area (Å²) in [5.74, 6) is 0. The molecular formula is C5H8F3N. The van der Waals surface area contributed by atoms with Crippen molar-refractivity contribution in [2.75, 3.05) is 13.1 Å². The zero-order valence-corrected chi connectivity index (χ0v) is 4.91. The van der Waals surface area contributed by atoms with E-state index in [0.29, 0.717) is 17.7 Å². The molecule has 0 aliphatic carbocycles. The maximum atomic E-state index is 11.7. The summed E-state index contributed by atoms with van der Waals surface area (Å²) < 4.78 is 35.1. The highest BCUT2D eigenvalue weighted by Gasteiger charge is 2.38. The molecule has 0 aromatic rings. The minimum absolute atomic E-state index is 0.184. The van der Waals surface area contributed by atoms with Gasteiger partial charge in [-0.1, -0.05) is 0 Å². The van der Waals surface area contributed by atoms with Crippen molar-refractivity contribution in [3.05, 3.63) is 0 Å². The van der Waals surface area contributed by atoms with Crippen LogP contribution in [0.25, 0.3) is 0 Å². The van der Waals surface area contributed by atoms with Crippen LogP contribution in [0.2, 0.25) is 0 Å². The molecule has 1 saturated heterocycles. The van der Waals surface area contributed by atoms with Gasteiger partial charge in [-0.05, 0) is 12.8 Å². The van der Waals surface area contributed by atoms with Gasteiger partial charge >= 0.3 is 6.30 Å². The molecular weight excluding hydrogens is 131 g/mol.